The molecule has 5 heteroatoms. The molecule has 0 aliphatic heterocycles. The van der Waals surface area contributed by atoms with Gasteiger partial charge in [-0.05, 0) is 18.6 Å². The molecule has 0 unspecified atom stereocenters. The van der Waals surface area contributed by atoms with Crippen molar-refractivity contribution < 1.29 is 24.1 Å². The minimum absolute atomic E-state index is 0.00495. The average Bonchev–Trinajstić information content (AvgIpc) is 2.14. The van der Waals surface area contributed by atoms with Crippen molar-refractivity contribution in [3.63, 3.8) is 0 Å². The second-order valence-corrected chi connectivity index (χ2v) is 3.12. The number of hydrogen-bond acceptors (Lipinski definition) is 3. The Balaban J connectivity index is 3.30. The summed E-state index contributed by atoms with van der Waals surface area (Å²) in [5.41, 5.74) is 0.374. The van der Waals surface area contributed by atoms with E-state index in [0.717, 1.165) is 0 Å². The number of carbonyl (C=O) groups is 1. The highest BCUT2D eigenvalue weighted by atomic mass is 19.1. The van der Waals surface area contributed by atoms with Gasteiger partial charge in [-0.2, -0.15) is 0 Å². The first-order valence-corrected chi connectivity index (χ1v) is 4.24. The number of ether oxygens (including phenoxy) is 1. The van der Waals surface area contributed by atoms with E-state index < -0.39 is 18.2 Å². The molecule has 2 N–H and O–H groups in total. The molecule has 82 valence electrons. The van der Waals surface area contributed by atoms with Crippen LogP contribution < -0.4 is 4.74 Å². The Morgan fingerprint density at radius 3 is 2.67 bits per heavy atom. The van der Waals surface area contributed by atoms with Crippen LogP contribution in [0.2, 0.25) is 0 Å². The topological polar surface area (TPSA) is 66.8 Å². The Labute approximate surface area is 85.9 Å². The first-order chi connectivity index (χ1) is 6.97. The summed E-state index contributed by atoms with van der Waals surface area (Å²) in [4.78, 5) is 10.4. The number of carboxylic acid groups (broad SMARTS) is 1. The smallest absolute Gasteiger partial charge is 0.307 e. The summed E-state index contributed by atoms with van der Waals surface area (Å²) >= 11 is 0. The molecule has 0 aromatic heterocycles. The molecule has 4 nitrogen and oxygen atoms in total. The number of carboxylic acids is 1. The molecule has 1 aromatic carbocycles. The van der Waals surface area contributed by atoms with Crippen molar-refractivity contribution in [3.05, 3.63) is 23.0 Å². The van der Waals surface area contributed by atoms with E-state index in [1.54, 1.807) is 6.92 Å². The van der Waals surface area contributed by atoms with Crippen molar-refractivity contribution >= 4 is 5.97 Å². The molecule has 0 radical (unpaired) electrons. The number of aryl methyl sites for hydroxylation is 1. The van der Waals surface area contributed by atoms with Crippen LogP contribution in [0.4, 0.5) is 4.39 Å². The van der Waals surface area contributed by atoms with E-state index in [1.165, 1.54) is 13.2 Å². The summed E-state index contributed by atoms with van der Waals surface area (Å²) in [6.45, 7) is 1.54. The highest BCUT2D eigenvalue weighted by molar-refractivity contribution is 5.71. The molecule has 0 spiro atoms. The molecule has 0 saturated heterocycles. The molecule has 0 bridgehead atoms. The summed E-state index contributed by atoms with van der Waals surface area (Å²) < 4.78 is 18.2. The van der Waals surface area contributed by atoms with Crippen LogP contribution in [-0.4, -0.2) is 23.3 Å². The van der Waals surface area contributed by atoms with Gasteiger partial charge >= 0.3 is 5.97 Å². The van der Waals surface area contributed by atoms with Gasteiger partial charge < -0.3 is 14.9 Å². The largest absolute Gasteiger partial charge is 0.504 e. The van der Waals surface area contributed by atoms with Crippen LogP contribution in [0.15, 0.2) is 6.07 Å². The van der Waals surface area contributed by atoms with Crippen molar-refractivity contribution in [2.45, 2.75) is 13.3 Å². The molecule has 1 aromatic rings. The summed E-state index contributed by atoms with van der Waals surface area (Å²) in [6, 6.07) is 1.29. The number of phenols is 1. The first-order valence-electron chi connectivity index (χ1n) is 4.24. The summed E-state index contributed by atoms with van der Waals surface area (Å²) in [7, 11) is 1.21. The second-order valence-electron chi connectivity index (χ2n) is 3.12. The minimum Gasteiger partial charge on any atom is -0.504 e. The Bertz CT molecular complexity index is 401. The fourth-order valence-corrected chi connectivity index (χ4v) is 1.30. The highest BCUT2D eigenvalue weighted by Crippen LogP contribution is 2.34. The Morgan fingerprint density at radius 2 is 2.20 bits per heavy atom. The van der Waals surface area contributed by atoms with E-state index in [4.69, 9.17) is 5.11 Å². The lowest BCUT2D eigenvalue weighted by Gasteiger charge is -2.10. The lowest BCUT2D eigenvalue weighted by atomic mass is 10.1. The molecular weight excluding hydrogens is 203 g/mol. The van der Waals surface area contributed by atoms with Crippen LogP contribution in [0.1, 0.15) is 11.1 Å². The molecule has 0 amide bonds. The number of benzene rings is 1. The van der Waals surface area contributed by atoms with E-state index in [-0.39, 0.29) is 17.1 Å². The number of halogens is 1. The van der Waals surface area contributed by atoms with Crippen LogP contribution >= 0.6 is 0 Å². The molecule has 0 aliphatic carbocycles. The summed E-state index contributed by atoms with van der Waals surface area (Å²) in [6.07, 6.45) is -0.441. The zero-order chi connectivity index (χ0) is 11.6. The van der Waals surface area contributed by atoms with Gasteiger partial charge in [-0.25, -0.2) is 4.39 Å². The van der Waals surface area contributed by atoms with E-state index >= 15 is 0 Å². The number of methoxy groups -OCH3 is 1. The Morgan fingerprint density at radius 1 is 1.60 bits per heavy atom. The Kier molecular flexibility index (Phi) is 3.14. The van der Waals surface area contributed by atoms with Crippen molar-refractivity contribution in [3.8, 4) is 11.5 Å². The lowest BCUT2D eigenvalue weighted by Crippen LogP contribution is -2.04. The minimum atomic E-state index is -1.14. The summed E-state index contributed by atoms with van der Waals surface area (Å²) in [5.74, 6) is -2.58. The van der Waals surface area contributed by atoms with Gasteiger partial charge in [0.2, 0.25) is 0 Å². The molecule has 15 heavy (non-hydrogen) atoms. The molecule has 0 fully saturated rings. The van der Waals surface area contributed by atoms with Gasteiger partial charge in [0, 0.05) is 5.56 Å². The van der Waals surface area contributed by atoms with Crippen molar-refractivity contribution in [1.29, 1.82) is 0 Å². The fourth-order valence-electron chi connectivity index (χ4n) is 1.30. The molecule has 0 saturated carbocycles. The SMILES string of the molecule is COc1c(O)c(C)cc(CC(=O)O)c1F. The van der Waals surface area contributed by atoms with Crippen LogP contribution in [0.3, 0.4) is 0 Å². The normalized spacial score (nSPS) is 10.1. The average molecular weight is 214 g/mol. The van der Waals surface area contributed by atoms with Crippen LogP contribution in [0, 0.1) is 12.7 Å². The predicted octanol–water partition coefficient (Wildman–Crippen LogP) is 1.48. The highest BCUT2D eigenvalue weighted by Gasteiger charge is 2.18. The molecule has 1 rings (SSSR count). The molecule has 0 heterocycles. The number of hydrogen-bond donors (Lipinski definition) is 2. The van der Waals surface area contributed by atoms with Gasteiger partial charge in [-0.15, -0.1) is 0 Å². The van der Waals surface area contributed by atoms with Crippen molar-refractivity contribution in [2.24, 2.45) is 0 Å². The molecular formula is C10H11FO4. The van der Waals surface area contributed by atoms with Gasteiger partial charge in [0.05, 0.1) is 13.5 Å². The van der Waals surface area contributed by atoms with Gasteiger partial charge in [0.15, 0.2) is 17.3 Å². The lowest BCUT2D eigenvalue weighted by molar-refractivity contribution is -0.136. The van der Waals surface area contributed by atoms with Gasteiger partial charge in [0.25, 0.3) is 0 Å². The summed E-state index contributed by atoms with van der Waals surface area (Å²) in [5, 5.41) is 18.0. The molecule has 0 atom stereocenters. The third-order valence-corrected chi connectivity index (χ3v) is 2.01. The van der Waals surface area contributed by atoms with Crippen LogP contribution in [0.5, 0.6) is 11.5 Å². The van der Waals surface area contributed by atoms with E-state index in [2.05, 4.69) is 4.74 Å². The predicted molar refractivity (Wildman–Crippen MR) is 50.7 cm³/mol. The standard InChI is InChI=1S/C10H11FO4/c1-5-3-6(4-7(12)13)8(11)10(15-2)9(5)14/h3,14H,4H2,1-2H3,(H,12,13). The van der Waals surface area contributed by atoms with Crippen molar-refractivity contribution in [1.82, 2.24) is 0 Å². The maximum atomic E-state index is 13.5. The zero-order valence-electron chi connectivity index (χ0n) is 8.37. The first kappa shape index (κ1) is 11.3. The maximum Gasteiger partial charge on any atom is 0.307 e. The van der Waals surface area contributed by atoms with E-state index in [1.807, 2.05) is 0 Å². The quantitative estimate of drug-likeness (QED) is 0.799. The number of aromatic hydroxyl groups is 1. The monoisotopic (exact) mass is 214 g/mol. The number of aliphatic carboxylic acids is 1. The molecule has 0 aliphatic rings. The van der Waals surface area contributed by atoms with Gasteiger partial charge in [-0.1, -0.05) is 0 Å². The third-order valence-electron chi connectivity index (χ3n) is 2.01. The number of rotatable bonds is 3. The zero-order valence-corrected chi connectivity index (χ0v) is 8.37. The Hall–Kier alpha value is -1.78. The second kappa shape index (κ2) is 4.16. The van der Waals surface area contributed by atoms with Crippen LogP contribution in [-0.2, 0) is 11.2 Å². The van der Waals surface area contributed by atoms with Crippen LogP contribution in [0.25, 0.3) is 0 Å². The van der Waals surface area contributed by atoms with E-state index in [9.17, 15) is 14.3 Å². The number of phenolic OH excluding ortho intramolecular Hbond substituents is 1. The third kappa shape index (κ3) is 2.18. The van der Waals surface area contributed by atoms with E-state index in [0.29, 0.717) is 5.56 Å². The maximum absolute atomic E-state index is 13.5. The fraction of sp³-hybridized carbons (Fsp3) is 0.300. The van der Waals surface area contributed by atoms with Crippen molar-refractivity contribution in [2.75, 3.05) is 7.11 Å². The van der Waals surface area contributed by atoms with Gasteiger partial charge in [-0.3, -0.25) is 4.79 Å². The van der Waals surface area contributed by atoms with Gasteiger partial charge in [0.1, 0.15) is 0 Å².